The van der Waals surface area contributed by atoms with Crippen LogP contribution in [0, 0.1) is 6.92 Å². The summed E-state index contributed by atoms with van der Waals surface area (Å²) in [5.74, 6) is 0.972. The van der Waals surface area contributed by atoms with Gasteiger partial charge in [-0.2, -0.15) is 0 Å². The number of thioether (sulfide) groups is 1. The average molecular weight is 341 g/mol. The highest BCUT2D eigenvalue weighted by Gasteiger charge is 2.15. The lowest BCUT2D eigenvalue weighted by atomic mass is 10.2. The zero-order chi connectivity index (χ0) is 16.9. The van der Waals surface area contributed by atoms with E-state index in [0.717, 1.165) is 11.5 Å². The Hall–Kier alpha value is -2.80. The summed E-state index contributed by atoms with van der Waals surface area (Å²) in [6.07, 6.45) is 1.63. The Labute approximate surface area is 142 Å². The minimum absolute atomic E-state index is 0.0158. The van der Waals surface area contributed by atoms with Crippen LogP contribution in [0.5, 0.6) is 5.75 Å². The van der Waals surface area contributed by atoms with Gasteiger partial charge in [-0.25, -0.2) is 4.98 Å². The molecular formula is C17H15N3O3S. The number of para-hydroxylation sites is 2. The zero-order valence-electron chi connectivity index (χ0n) is 12.9. The number of phenols is 1. The van der Waals surface area contributed by atoms with Crippen LogP contribution in [-0.4, -0.2) is 21.2 Å². The first-order valence-corrected chi connectivity index (χ1v) is 8.21. The maximum absolute atomic E-state index is 12.5. The van der Waals surface area contributed by atoms with Crippen molar-refractivity contribution in [3.8, 4) is 5.75 Å². The van der Waals surface area contributed by atoms with E-state index in [1.807, 2.05) is 13.0 Å². The highest BCUT2D eigenvalue weighted by molar-refractivity contribution is 7.98. The molecule has 3 rings (SSSR count). The molecule has 0 saturated heterocycles. The van der Waals surface area contributed by atoms with Gasteiger partial charge >= 0.3 is 0 Å². The van der Waals surface area contributed by atoms with E-state index < -0.39 is 0 Å². The van der Waals surface area contributed by atoms with Crippen LogP contribution in [0.3, 0.4) is 0 Å². The second-order valence-corrected chi connectivity index (χ2v) is 6.01. The number of hydrogen-bond acceptors (Lipinski definition) is 6. The van der Waals surface area contributed by atoms with Crippen LogP contribution in [0.25, 0.3) is 0 Å². The van der Waals surface area contributed by atoms with Crippen LogP contribution in [0.4, 0.5) is 5.69 Å². The number of nitrogens with zero attached hydrogens (tertiary/aromatic N) is 2. The van der Waals surface area contributed by atoms with Crippen LogP contribution >= 0.6 is 11.8 Å². The Morgan fingerprint density at radius 3 is 2.88 bits per heavy atom. The molecule has 0 aliphatic rings. The zero-order valence-corrected chi connectivity index (χ0v) is 13.7. The molecule has 1 aromatic carbocycles. The first-order valence-electron chi connectivity index (χ1n) is 7.23. The van der Waals surface area contributed by atoms with Gasteiger partial charge in [0.2, 0.25) is 0 Å². The molecule has 2 N–H and O–H groups in total. The van der Waals surface area contributed by atoms with Crippen molar-refractivity contribution in [1.82, 2.24) is 10.1 Å². The maximum Gasteiger partial charge on any atom is 0.258 e. The van der Waals surface area contributed by atoms with Gasteiger partial charge in [0.15, 0.2) is 0 Å². The van der Waals surface area contributed by atoms with Crippen LogP contribution < -0.4 is 5.32 Å². The largest absolute Gasteiger partial charge is 0.506 e. The van der Waals surface area contributed by atoms with Crippen LogP contribution in [0.2, 0.25) is 0 Å². The predicted molar refractivity (Wildman–Crippen MR) is 91.1 cm³/mol. The fourth-order valence-electron chi connectivity index (χ4n) is 2.08. The molecule has 0 fully saturated rings. The summed E-state index contributed by atoms with van der Waals surface area (Å²) in [6, 6.07) is 11.8. The Kier molecular flexibility index (Phi) is 4.81. The van der Waals surface area contributed by atoms with Gasteiger partial charge in [0.1, 0.15) is 16.5 Å². The lowest BCUT2D eigenvalue weighted by Crippen LogP contribution is -2.13. The lowest BCUT2D eigenvalue weighted by molar-refractivity contribution is 0.102. The van der Waals surface area contributed by atoms with Gasteiger partial charge in [0.05, 0.1) is 16.9 Å². The number of benzene rings is 1. The van der Waals surface area contributed by atoms with Crippen molar-refractivity contribution in [3.63, 3.8) is 0 Å². The number of nitrogens with one attached hydrogen (secondary N) is 1. The minimum Gasteiger partial charge on any atom is -0.506 e. The number of anilines is 1. The molecule has 122 valence electrons. The number of hydrogen-bond donors (Lipinski definition) is 2. The summed E-state index contributed by atoms with van der Waals surface area (Å²) >= 11 is 1.40. The van der Waals surface area contributed by atoms with Crippen molar-refractivity contribution in [3.05, 3.63) is 65.7 Å². The van der Waals surface area contributed by atoms with Crippen LogP contribution in [0.15, 0.2) is 58.2 Å². The molecular weight excluding hydrogens is 326 g/mol. The number of pyridine rings is 1. The third kappa shape index (κ3) is 3.75. The SMILES string of the molecule is Cc1cc(CSc2ncccc2C(=O)Nc2ccccc2O)no1. The molecule has 0 aliphatic carbocycles. The third-order valence-electron chi connectivity index (χ3n) is 3.20. The number of aromatic nitrogens is 2. The summed E-state index contributed by atoms with van der Waals surface area (Å²) in [5, 5.41) is 17.0. The topological polar surface area (TPSA) is 88.2 Å². The van der Waals surface area contributed by atoms with Gasteiger partial charge < -0.3 is 14.9 Å². The molecule has 0 bridgehead atoms. The lowest BCUT2D eigenvalue weighted by Gasteiger charge is -2.09. The molecule has 3 aromatic rings. The fraction of sp³-hybridized carbons (Fsp3) is 0.118. The van der Waals surface area contributed by atoms with Gasteiger partial charge in [0, 0.05) is 18.0 Å². The Morgan fingerprint density at radius 1 is 1.29 bits per heavy atom. The van der Waals surface area contributed by atoms with E-state index >= 15 is 0 Å². The van der Waals surface area contributed by atoms with E-state index in [1.165, 1.54) is 17.8 Å². The monoisotopic (exact) mass is 341 g/mol. The van der Waals surface area contributed by atoms with E-state index in [2.05, 4.69) is 15.5 Å². The van der Waals surface area contributed by atoms with Gasteiger partial charge in [-0.3, -0.25) is 4.79 Å². The highest BCUT2D eigenvalue weighted by Crippen LogP contribution is 2.26. The molecule has 2 aromatic heterocycles. The Morgan fingerprint density at radius 2 is 2.12 bits per heavy atom. The normalized spacial score (nSPS) is 10.5. The van der Waals surface area contributed by atoms with Crippen molar-refractivity contribution in [1.29, 1.82) is 0 Å². The number of carbonyl (C=O) groups excluding carboxylic acids is 1. The molecule has 0 aliphatic heterocycles. The molecule has 0 spiro atoms. The second kappa shape index (κ2) is 7.18. The van der Waals surface area contributed by atoms with E-state index in [-0.39, 0.29) is 11.7 Å². The molecule has 7 heteroatoms. The van der Waals surface area contributed by atoms with E-state index in [9.17, 15) is 9.90 Å². The van der Waals surface area contributed by atoms with Gasteiger partial charge in [-0.05, 0) is 31.2 Å². The predicted octanol–water partition coefficient (Wildman–Crippen LogP) is 3.63. The molecule has 1 amide bonds. The first-order chi connectivity index (χ1) is 11.6. The number of amides is 1. The number of aromatic hydroxyl groups is 1. The van der Waals surface area contributed by atoms with Gasteiger partial charge in [0.25, 0.3) is 5.91 Å². The molecule has 2 heterocycles. The van der Waals surface area contributed by atoms with Crippen molar-refractivity contribution in [2.75, 3.05) is 5.32 Å². The second-order valence-electron chi connectivity index (χ2n) is 5.04. The van der Waals surface area contributed by atoms with E-state index in [0.29, 0.717) is 22.0 Å². The third-order valence-corrected chi connectivity index (χ3v) is 4.24. The fourth-order valence-corrected chi connectivity index (χ4v) is 2.95. The van der Waals surface area contributed by atoms with Crippen molar-refractivity contribution in [2.45, 2.75) is 17.7 Å². The summed E-state index contributed by atoms with van der Waals surface area (Å²) in [6.45, 7) is 1.83. The smallest absolute Gasteiger partial charge is 0.258 e. The Bertz CT molecular complexity index is 864. The van der Waals surface area contributed by atoms with Crippen LogP contribution in [-0.2, 0) is 5.75 Å². The van der Waals surface area contributed by atoms with Crippen LogP contribution in [0.1, 0.15) is 21.8 Å². The molecule has 6 nitrogen and oxygen atoms in total. The average Bonchev–Trinajstić information content (AvgIpc) is 3.01. The summed E-state index contributed by atoms with van der Waals surface area (Å²) in [7, 11) is 0. The van der Waals surface area contributed by atoms with E-state index in [4.69, 9.17) is 4.52 Å². The highest BCUT2D eigenvalue weighted by atomic mass is 32.2. The molecule has 0 unspecified atom stereocenters. The first kappa shape index (κ1) is 16.1. The van der Waals surface area contributed by atoms with Crippen molar-refractivity contribution in [2.24, 2.45) is 0 Å². The van der Waals surface area contributed by atoms with E-state index in [1.54, 1.807) is 36.5 Å². The quantitative estimate of drug-likeness (QED) is 0.544. The maximum atomic E-state index is 12.5. The Balaban J connectivity index is 1.75. The molecule has 0 atom stereocenters. The molecule has 24 heavy (non-hydrogen) atoms. The minimum atomic E-state index is -0.330. The van der Waals surface area contributed by atoms with Gasteiger partial charge in [-0.1, -0.05) is 29.1 Å². The summed E-state index contributed by atoms with van der Waals surface area (Å²) in [4.78, 5) is 16.8. The number of rotatable bonds is 5. The molecule has 0 radical (unpaired) electrons. The number of aryl methyl sites for hydroxylation is 1. The van der Waals surface area contributed by atoms with Gasteiger partial charge in [-0.15, -0.1) is 0 Å². The van der Waals surface area contributed by atoms with Crippen molar-refractivity contribution >= 4 is 23.4 Å². The standard InChI is InChI=1S/C17H15N3O3S/c1-11-9-12(20-23-11)10-24-17-13(5-4-8-18-17)16(22)19-14-6-2-3-7-15(14)21/h2-9,21H,10H2,1H3,(H,19,22). The molecule has 0 saturated carbocycles. The number of carbonyl (C=O) groups is 1. The number of phenolic OH excluding ortho intramolecular Hbond substituents is 1. The summed E-state index contributed by atoms with van der Waals surface area (Å²) < 4.78 is 5.03. The summed E-state index contributed by atoms with van der Waals surface area (Å²) in [5.41, 5.74) is 1.58. The van der Waals surface area contributed by atoms with Crippen molar-refractivity contribution < 1.29 is 14.4 Å².